The highest BCUT2D eigenvalue weighted by Crippen LogP contribution is 2.21. The minimum Gasteiger partial charge on any atom is -0.307 e. The summed E-state index contributed by atoms with van der Waals surface area (Å²) in [6, 6.07) is 0. The molecule has 0 aliphatic heterocycles. The second kappa shape index (κ2) is 8.30. The summed E-state index contributed by atoms with van der Waals surface area (Å²) in [6.45, 7) is 6.92. The van der Waals surface area contributed by atoms with Crippen molar-refractivity contribution in [1.29, 1.82) is 0 Å². The smallest absolute Gasteiger partial charge is 0.00192 e. The average molecular weight is 233 g/mol. The Morgan fingerprint density at radius 3 is 2.82 bits per heavy atom. The predicted octanol–water partition coefficient (Wildman–Crippen LogP) is 4.19. The van der Waals surface area contributed by atoms with Crippen LogP contribution in [0.5, 0.6) is 0 Å². The summed E-state index contributed by atoms with van der Waals surface area (Å²) in [5.74, 6) is 0.825. The van der Waals surface area contributed by atoms with Crippen molar-refractivity contribution in [2.24, 2.45) is 5.92 Å². The monoisotopic (exact) mass is 233 g/mol. The molecule has 0 heterocycles. The van der Waals surface area contributed by atoms with Crippen LogP contribution in [-0.2, 0) is 0 Å². The molecule has 0 aromatic rings. The molecule has 0 amide bonds. The molecule has 0 radical (unpaired) electrons. The maximum atomic E-state index is 2.40. The molecule has 1 aliphatic rings. The van der Waals surface area contributed by atoms with E-state index in [1.54, 1.807) is 0 Å². The van der Waals surface area contributed by atoms with Gasteiger partial charge in [0.2, 0.25) is 0 Å². The molecule has 0 spiro atoms. The van der Waals surface area contributed by atoms with Gasteiger partial charge < -0.3 is 4.90 Å². The summed E-state index contributed by atoms with van der Waals surface area (Å²) in [6.07, 6.45) is 16.2. The van der Waals surface area contributed by atoms with Crippen LogP contribution in [0.4, 0.5) is 0 Å². The summed E-state index contributed by atoms with van der Waals surface area (Å²) in [7, 11) is 2.21. The Kier molecular flexibility index (Phi) is 6.95. The van der Waals surface area contributed by atoms with Gasteiger partial charge in [-0.3, -0.25) is 0 Å². The van der Waals surface area contributed by atoms with E-state index in [1.807, 2.05) is 0 Å². The van der Waals surface area contributed by atoms with Gasteiger partial charge in [-0.05, 0) is 50.9 Å². The Hall–Kier alpha value is -0.820. The van der Waals surface area contributed by atoms with Gasteiger partial charge in [0.1, 0.15) is 0 Å². The first-order valence-corrected chi connectivity index (χ1v) is 6.97. The zero-order valence-electron chi connectivity index (χ0n) is 11.7. The van der Waals surface area contributed by atoms with Gasteiger partial charge >= 0.3 is 0 Å². The van der Waals surface area contributed by atoms with Crippen molar-refractivity contribution in [3.8, 4) is 0 Å². The van der Waals surface area contributed by atoms with Crippen LogP contribution >= 0.6 is 0 Å². The molecular formula is C16H27N. The quantitative estimate of drug-likeness (QED) is 0.637. The number of hydrogen-bond donors (Lipinski definition) is 0. The number of rotatable bonds is 7. The molecule has 1 aliphatic carbocycles. The Bertz CT molecular complexity index is 286. The van der Waals surface area contributed by atoms with Gasteiger partial charge in [-0.2, -0.15) is 0 Å². The molecular weight excluding hydrogens is 206 g/mol. The first-order chi connectivity index (χ1) is 8.26. The lowest BCUT2D eigenvalue weighted by Crippen LogP contribution is -2.21. The topological polar surface area (TPSA) is 3.24 Å². The van der Waals surface area contributed by atoms with Crippen LogP contribution in [0.3, 0.4) is 0 Å². The highest BCUT2D eigenvalue weighted by Gasteiger charge is 2.09. The third-order valence-electron chi connectivity index (χ3n) is 3.61. The maximum Gasteiger partial charge on any atom is -0.00192 e. The van der Waals surface area contributed by atoms with Gasteiger partial charge in [-0.1, -0.05) is 50.6 Å². The van der Waals surface area contributed by atoms with Gasteiger partial charge in [0.15, 0.2) is 0 Å². The second-order valence-electron chi connectivity index (χ2n) is 4.97. The van der Waals surface area contributed by atoms with Crippen molar-refractivity contribution in [2.45, 2.75) is 39.5 Å². The lowest BCUT2D eigenvalue weighted by atomic mass is 9.93. The van der Waals surface area contributed by atoms with Crippen LogP contribution < -0.4 is 0 Å². The van der Waals surface area contributed by atoms with Crippen LogP contribution in [0.2, 0.25) is 0 Å². The summed E-state index contributed by atoms with van der Waals surface area (Å²) in [5.41, 5.74) is 1.49. The molecule has 17 heavy (non-hydrogen) atoms. The Morgan fingerprint density at radius 2 is 2.12 bits per heavy atom. The van der Waals surface area contributed by atoms with Gasteiger partial charge in [0, 0.05) is 0 Å². The molecule has 0 fully saturated rings. The fourth-order valence-electron chi connectivity index (χ4n) is 2.10. The van der Waals surface area contributed by atoms with E-state index < -0.39 is 0 Å². The van der Waals surface area contributed by atoms with E-state index in [2.05, 4.69) is 56.2 Å². The third kappa shape index (κ3) is 5.88. The van der Waals surface area contributed by atoms with Crippen LogP contribution in [0.1, 0.15) is 39.5 Å². The van der Waals surface area contributed by atoms with Crippen molar-refractivity contribution < 1.29 is 0 Å². The Labute approximate surface area is 107 Å². The van der Waals surface area contributed by atoms with E-state index in [4.69, 9.17) is 0 Å². The second-order valence-corrected chi connectivity index (χ2v) is 4.97. The lowest BCUT2D eigenvalue weighted by molar-refractivity contribution is 0.308. The highest BCUT2D eigenvalue weighted by atomic mass is 15.1. The first kappa shape index (κ1) is 14.2. The number of nitrogens with zero attached hydrogens (tertiary/aromatic N) is 1. The van der Waals surface area contributed by atoms with Crippen LogP contribution in [0, 0.1) is 5.92 Å². The third-order valence-corrected chi connectivity index (χ3v) is 3.61. The average Bonchev–Trinajstić information content (AvgIpc) is 2.62. The molecule has 0 aromatic carbocycles. The highest BCUT2D eigenvalue weighted by molar-refractivity contribution is 5.27. The molecule has 0 aromatic heterocycles. The summed E-state index contributed by atoms with van der Waals surface area (Å²) in [4.78, 5) is 2.40. The zero-order chi connectivity index (χ0) is 12.5. The first-order valence-electron chi connectivity index (χ1n) is 6.97. The largest absolute Gasteiger partial charge is 0.307 e. The predicted molar refractivity (Wildman–Crippen MR) is 77.2 cm³/mol. The minimum absolute atomic E-state index is 0.825. The van der Waals surface area contributed by atoms with Crippen molar-refractivity contribution in [3.63, 3.8) is 0 Å². The fourth-order valence-corrected chi connectivity index (χ4v) is 2.10. The molecule has 1 rings (SSSR count). The van der Waals surface area contributed by atoms with Crippen molar-refractivity contribution in [3.05, 3.63) is 36.0 Å². The molecule has 96 valence electrons. The Morgan fingerprint density at radius 1 is 1.29 bits per heavy atom. The molecule has 1 atom stereocenters. The summed E-state index contributed by atoms with van der Waals surface area (Å²) in [5, 5.41) is 0. The Balaban J connectivity index is 2.40. The molecule has 0 bridgehead atoms. The van der Waals surface area contributed by atoms with Crippen LogP contribution in [-0.4, -0.2) is 25.0 Å². The molecule has 0 N–H and O–H groups in total. The lowest BCUT2D eigenvalue weighted by Gasteiger charge is -2.19. The number of hydrogen-bond acceptors (Lipinski definition) is 1. The van der Waals surface area contributed by atoms with Crippen LogP contribution in [0.25, 0.3) is 0 Å². The minimum atomic E-state index is 0.825. The normalized spacial score (nSPS) is 17.1. The molecule has 1 heteroatoms. The van der Waals surface area contributed by atoms with Crippen molar-refractivity contribution >= 4 is 0 Å². The fraction of sp³-hybridized carbons (Fsp3) is 0.625. The molecule has 0 saturated heterocycles. The van der Waals surface area contributed by atoms with Crippen molar-refractivity contribution in [2.75, 3.05) is 20.1 Å². The molecule has 1 unspecified atom stereocenters. The number of allylic oxidation sites excluding steroid dienone is 6. The van der Waals surface area contributed by atoms with E-state index in [9.17, 15) is 0 Å². The van der Waals surface area contributed by atoms with Gasteiger partial charge in [0.05, 0.1) is 0 Å². The standard InChI is InChI=1S/C16H27N/c1-4-15(12-13-17(3)5-2)14-16-10-8-6-7-9-11-16/h6,8-11,15H,4-5,7,12-14H2,1-3H3. The van der Waals surface area contributed by atoms with E-state index in [0.717, 1.165) is 18.9 Å². The van der Waals surface area contributed by atoms with Gasteiger partial charge in [-0.25, -0.2) is 0 Å². The summed E-state index contributed by atoms with van der Waals surface area (Å²) >= 11 is 0. The molecule has 0 saturated carbocycles. The van der Waals surface area contributed by atoms with Crippen LogP contribution in [0.15, 0.2) is 36.0 Å². The SMILES string of the molecule is CCC(CCN(C)CC)CC1=CC=CCC=C1. The van der Waals surface area contributed by atoms with E-state index in [1.165, 1.54) is 31.4 Å². The van der Waals surface area contributed by atoms with E-state index in [-0.39, 0.29) is 0 Å². The maximum absolute atomic E-state index is 2.40. The van der Waals surface area contributed by atoms with Gasteiger partial charge in [-0.15, -0.1) is 0 Å². The summed E-state index contributed by atoms with van der Waals surface area (Å²) < 4.78 is 0. The molecule has 1 nitrogen and oxygen atoms in total. The van der Waals surface area contributed by atoms with Gasteiger partial charge in [0.25, 0.3) is 0 Å². The van der Waals surface area contributed by atoms with E-state index >= 15 is 0 Å². The zero-order valence-corrected chi connectivity index (χ0v) is 11.7. The van der Waals surface area contributed by atoms with Crippen molar-refractivity contribution in [1.82, 2.24) is 4.90 Å². The van der Waals surface area contributed by atoms with E-state index in [0.29, 0.717) is 0 Å².